The number of aliphatic hydroxyl groups excluding tert-OH is 1. The highest BCUT2D eigenvalue weighted by Crippen LogP contribution is 2.42. The second-order valence-electron chi connectivity index (χ2n) is 4.46. The van der Waals surface area contributed by atoms with Crippen molar-refractivity contribution in [3.05, 3.63) is 46.4 Å². The van der Waals surface area contributed by atoms with Crippen molar-refractivity contribution in [3.8, 4) is 23.0 Å². The van der Waals surface area contributed by atoms with Crippen LogP contribution in [0, 0.1) is 0 Å². The van der Waals surface area contributed by atoms with E-state index in [9.17, 15) is 5.11 Å². The highest BCUT2D eigenvalue weighted by molar-refractivity contribution is 9.10. The number of methoxy groups -OCH3 is 2. The van der Waals surface area contributed by atoms with Gasteiger partial charge in [0.15, 0.2) is 11.5 Å². The minimum Gasteiger partial charge on any atom is -0.493 e. The lowest BCUT2D eigenvalue weighted by molar-refractivity contribution is 0.199. The molecule has 0 aliphatic rings. The van der Waals surface area contributed by atoms with E-state index in [4.69, 9.17) is 14.2 Å². The summed E-state index contributed by atoms with van der Waals surface area (Å²) in [4.78, 5) is 0. The van der Waals surface area contributed by atoms with Crippen LogP contribution in [0.15, 0.2) is 40.9 Å². The predicted octanol–water partition coefficient (Wildman–Crippen LogP) is 4.31. The van der Waals surface area contributed by atoms with Gasteiger partial charge in [-0.2, -0.15) is 0 Å². The first-order chi connectivity index (χ1) is 10.1. The van der Waals surface area contributed by atoms with E-state index in [2.05, 4.69) is 15.9 Å². The maximum absolute atomic E-state index is 9.59. The van der Waals surface area contributed by atoms with Crippen LogP contribution in [0.3, 0.4) is 0 Å². The lowest BCUT2D eigenvalue weighted by atomic mass is 10.1. The van der Waals surface area contributed by atoms with Gasteiger partial charge in [-0.15, -0.1) is 0 Å². The molecule has 0 heterocycles. The first-order valence-electron chi connectivity index (χ1n) is 6.43. The van der Waals surface area contributed by atoms with Gasteiger partial charge in [0.05, 0.1) is 24.8 Å². The molecule has 5 heteroatoms. The summed E-state index contributed by atoms with van der Waals surface area (Å²) in [5.74, 6) is 2.29. The second kappa shape index (κ2) is 6.83. The molecule has 0 saturated carbocycles. The molecule has 0 radical (unpaired) electrons. The van der Waals surface area contributed by atoms with Gasteiger partial charge in [0, 0.05) is 0 Å². The number of aliphatic hydroxyl groups is 1. The summed E-state index contributed by atoms with van der Waals surface area (Å²) in [5.41, 5.74) is 0.807. The molecule has 4 nitrogen and oxygen atoms in total. The third kappa shape index (κ3) is 3.49. The molecule has 1 atom stereocenters. The van der Waals surface area contributed by atoms with Crippen molar-refractivity contribution in [2.75, 3.05) is 14.2 Å². The fraction of sp³-hybridized carbons (Fsp3) is 0.250. The Morgan fingerprint density at radius 2 is 1.62 bits per heavy atom. The molecular weight excluding hydrogens is 336 g/mol. The Hall–Kier alpha value is -1.72. The van der Waals surface area contributed by atoms with Gasteiger partial charge in [0.2, 0.25) is 5.75 Å². The van der Waals surface area contributed by atoms with E-state index in [1.54, 1.807) is 39.3 Å². The fourth-order valence-corrected chi connectivity index (χ4v) is 2.36. The van der Waals surface area contributed by atoms with Crippen LogP contribution in [0.25, 0.3) is 0 Å². The SMILES string of the molecule is COc1cccc(OC)c1Oc1ccc(C(C)O)cc1Br. The number of hydrogen-bond donors (Lipinski definition) is 1. The van der Waals surface area contributed by atoms with Gasteiger partial charge in [-0.25, -0.2) is 0 Å². The van der Waals surface area contributed by atoms with Crippen LogP contribution in [0.2, 0.25) is 0 Å². The average molecular weight is 353 g/mol. The molecule has 21 heavy (non-hydrogen) atoms. The van der Waals surface area contributed by atoms with Crippen LogP contribution in [0.1, 0.15) is 18.6 Å². The van der Waals surface area contributed by atoms with Crippen LogP contribution < -0.4 is 14.2 Å². The minimum absolute atomic E-state index is 0.507. The van der Waals surface area contributed by atoms with Crippen molar-refractivity contribution < 1.29 is 19.3 Å². The summed E-state index contributed by atoms with van der Waals surface area (Å²) < 4.78 is 17.3. The summed E-state index contributed by atoms with van der Waals surface area (Å²) in [7, 11) is 3.15. The number of ether oxygens (including phenoxy) is 3. The van der Waals surface area contributed by atoms with Crippen LogP contribution >= 0.6 is 15.9 Å². The van der Waals surface area contributed by atoms with Gasteiger partial charge in [-0.3, -0.25) is 0 Å². The smallest absolute Gasteiger partial charge is 0.211 e. The molecule has 1 unspecified atom stereocenters. The molecule has 0 amide bonds. The van der Waals surface area contributed by atoms with Crippen molar-refractivity contribution in [2.45, 2.75) is 13.0 Å². The lowest BCUT2D eigenvalue weighted by Gasteiger charge is -2.15. The molecule has 0 bridgehead atoms. The number of hydrogen-bond acceptors (Lipinski definition) is 4. The summed E-state index contributed by atoms with van der Waals surface area (Å²) in [6.45, 7) is 1.71. The number of halogens is 1. The van der Waals surface area contributed by atoms with Crippen molar-refractivity contribution in [2.24, 2.45) is 0 Å². The van der Waals surface area contributed by atoms with Crippen molar-refractivity contribution >= 4 is 15.9 Å². The third-order valence-electron chi connectivity index (χ3n) is 3.03. The monoisotopic (exact) mass is 352 g/mol. The van der Waals surface area contributed by atoms with Crippen molar-refractivity contribution in [1.82, 2.24) is 0 Å². The van der Waals surface area contributed by atoms with E-state index in [0.29, 0.717) is 23.0 Å². The quantitative estimate of drug-likeness (QED) is 0.870. The maximum atomic E-state index is 9.59. The van der Waals surface area contributed by atoms with Crippen LogP contribution in [0.4, 0.5) is 0 Å². The summed E-state index contributed by atoms with van der Waals surface area (Å²) in [6.07, 6.45) is -0.531. The second-order valence-corrected chi connectivity index (χ2v) is 5.31. The molecule has 2 rings (SSSR count). The Morgan fingerprint density at radius 1 is 1.00 bits per heavy atom. The van der Waals surface area contributed by atoms with Crippen molar-refractivity contribution in [3.63, 3.8) is 0 Å². The van der Waals surface area contributed by atoms with Crippen LogP contribution in [-0.2, 0) is 0 Å². The predicted molar refractivity (Wildman–Crippen MR) is 84.4 cm³/mol. The first kappa shape index (κ1) is 15.7. The molecule has 0 aromatic heterocycles. The lowest BCUT2D eigenvalue weighted by Crippen LogP contribution is -1.96. The van der Waals surface area contributed by atoms with E-state index in [0.717, 1.165) is 10.0 Å². The van der Waals surface area contributed by atoms with E-state index in [-0.39, 0.29) is 0 Å². The van der Waals surface area contributed by atoms with Crippen LogP contribution in [-0.4, -0.2) is 19.3 Å². The minimum atomic E-state index is -0.531. The zero-order valence-corrected chi connectivity index (χ0v) is 13.7. The number of rotatable bonds is 5. The number of benzene rings is 2. The summed E-state index contributed by atoms with van der Waals surface area (Å²) in [6, 6.07) is 10.9. The van der Waals surface area contributed by atoms with E-state index < -0.39 is 6.10 Å². The van der Waals surface area contributed by atoms with E-state index in [1.165, 1.54) is 0 Å². The molecule has 1 N–H and O–H groups in total. The van der Waals surface area contributed by atoms with Gasteiger partial charge in [-0.1, -0.05) is 12.1 Å². The molecule has 0 fully saturated rings. The van der Waals surface area contributed by atoms with E-state index >= 15 is 0 Å². The normalized spacial score (nSPS) is 11.9. The third-order valence-corrected chi connectivity index (χ3v) is 3.65. The van der Waals surface area contributed by atoms with Crippen molar-refractivity contribution in [1.29, 1.82) is 0 Å². The average Bonchev–Trinajstić information content (AvgIpc) is 2.49. The number of para-hydroxylation sites is 1. The molecule has 0 aliphatic carbocycles. The molecule has 0 spiro atoms. The highest BCUT2D eigenvalue weighted by Gasteiger charge is 2.14. The molecular formula is C16H17BrO4. The molecule has 2 aromatic carbocycles. The zero-order chi connectivity index (χ0) is 15.4. The molecule has 0 aliphatic heterocycles. The summed E-state index contributed by atoms with van der Waals surface area (Å²) >= 11 is 3.45. The molecule has 0 saturated heterocycles. The Balaban J connectivity index is 2.38. The topological polar surface area (TPSA) is 47.9 Å². The van der Waals surface area contributed by atoms with E-state index in [1.807, 2.05) is 18.2 Å². The van der Waals surface area contributed by atoms with Crippen LogP contribution in [0.5, 0.6) is 23.0 Å². The summed E-state index contributed by atoms with van der Waals surface area (Å²) in [5, 5.41) is 9.59. The largest absolute Gasteiger partial charge is 0.493 e. The Morgan fingerprint density at radius 3 is 2.10 bits per heavy atom. The van der Waals surface area contributed by atoms with Gasteiger partial charge < -0.3 is 19.3 Å². The maximum Gasteiger partial charge on any atom is 0.211 e. The molecule has 2 aromatic rings. The fourth-order valence-electron chi connectivity index (χ4n) is 1.89. The standard InChI is InChI=1S/C16H17BrO4/c1-10(18)11-7-8-13(12(17)9-11)21-16-14(19-2)5-4-6-15(16)20-3/h4-10,18H,1-3H3. The first-order valence-corrected chi connectivity index (χ1v) is 7.22. The molecule has 112 valence electrons. The van der Waals surface area contributed by atoms with Gasteiger partial charge in [0.1, 0.15) is 5.75 Å². The Labute approximate surface area is 132 Å². The van der Waals surface area contributed by atoms with Gasteiger partial charge in [-0.05, 0) is 52.7 Å². The highest BCUT2D eigenvalue weighted by atomic mass is 79.9. The zero-order valence-electron chi connectivity index (χ0n) is 12.1. The Kier molecular flexibility index (Phi) is 5.09. The van der Waals surface area contributed by atoms with Gasteiger partial charge in [0.25, 0.3) is 0 Å². The Bertz CT molecular complexity index is 603. The van der Waals surface area contributed by atoms with Gasteiger partial charge >= 0.3 is 0 Å².